The molecule has 1 atom stereocenters. The molecule has 0 aromatic carbocycles. The van der Waals surface area contributed by atoms with Crippen molar-refractivity contribution in [2.75, 3.05) is 19.3 Å². The summed E-state index contributed by atoms with van der Waals surface area (Å²) >= 11 is 0. The third-order valence-electron chi connectivity index (χ3n) is 3.27. The highest BCUT2D eigenvalue weighted by Gasteiger charge is 2.37. The van der Waals surface area contributed by atoms with Crippen molar-refractivity contribution in [3.63, 3.8) is 0 Å². The summed E-state index contributed by atoms with van der Waals surface area (Å²) in [4.78, 5) is 23.9. The smallest absolute Gasteiger partial charge is 0.358 e. The maximum Gasteiger partial charge on any atom is 0.358 e. The fourth-order valence-electron chi connectivity index (χ4n) is 1.80. The molecule has 1 saturated heterocycles. The van der Waals surface area contributed by atoms with E-state index in [1.165, 1.54) is 22.7 Å². The summed E-state index contributed by atoms with van der Waals surface area (Å²) in [6.07, 6.45) is 2.30. The SMILES string of the molecule is CC(C(=O)N1CC(n2cc(C(=O)O)nn2)C1)S(C)(=O)=O. The second kappa shape index (κ2) is 4.85. The van der Waals surface area contributed by atoms with Crippen LogP contribution in [0.2, 0.25) is 0 Å². The summed E-state index contributed by atoms with van der Waals surface area (Å²) in [7, 11) is -3.42. The first-order chi connectivity index (χ1) is 9.20. The van der Waals surface area contributed by atoms with E-state index < -0.39 is 27.0 Å². The van der Waals surface area contributed by atoms with Crippen LogP contribution in [-0.2, 0) is 14.6 Å². The van der Waals surface area contributed by atoms with Gasteiger partial charge in [-0.3, -0.25) is 4.79 Å². The molecule has 1 aliphatic heterocycles. The van der Waals surface area contributed by atoms with Crippen LogP contribution in [0.1, 0.15) is 23.5 Å². The first-order valence-corrected chi connectivity index (χ1v) is 7.78. The summed E-state index contributed by atoms with van der Waals surface area (Å²) in [6, 6.07) is -0.175. The highest BCUT2D eigenvalue weighted by Crippen LogP contribution is 2.22. The van der Waals surface area contributed by atoms with Crippen LogP contribution in [0.3, 0.4) is 0 Å². The van der Waals surface area contributed by atoms with Crippen molar-refractivity contribution in [3.05, 3.63) is 11.9 Å². The number of hydrogen-bond acceptors (Lipinski definition) is 6. The normalized spacial score (nSPS) is 17.6. The number of carboxylic acid groups (broad SMARTS) is 1. The fraction of sp³-hybridized carbons (Fsp3) is 0.600. The second-order valence-corrected chi connectivity index (χ2v) is 7.12. The molecule has 1 aliphatic rings. The molecule has 110 valence electrons. The highest BCUT2D eigenvalue weighted by atomic mass is 32.2. The van der Waals surface area contributed by atoms with Gasteiger partial charge in [-0.1, -0.05) is 5.21 Å². The van der Waals surface area contributed by atoms with Crippen LogP contribution in [-0.4, -0.2) is 69.9 Å². The third kappa shape index (κ3) is 2.64. The second-order valence-electron chi connectivity index (χ2n) is 4.76. The Labute approximate surface area is 115 Å². The Bertz CT molecular complexity index is 646. The topological polar surface area (TPSA) is 122 Å². The largest absolute Gasteiger partial charge is 0.476 e. The zero-order valence-corrected chi connectivity index (χ0v) is 11.7. The Hall–Kier alpha value is -1.97. The van der Waals surface area contributed by atoms with E-state index in [1.54, 1.807) is 0 Å². The zero-order chi connectivity index (χ0) is 15.1. The van der Waals surface area contributed by atoms with Crippen LogP contribution in [0.25, 0.3) is 0 Å². The number of nitrogens with zero attached hydrogens (tertiary/aromatic N) is 4. The molecular weight excluding hydrogens is 288 g/mol. The lowest BCUT2D eigenvalue weighted by molar-refractivity contribution is -0.136. The molecule has 2 heterocycles. The predicted octanol–water partition coefficient (Wildman–Crippen LogP) is -1.21. The van der Waals surface area contributed by atoms with Gasteiger partial charge in [-0.15, -0.1) is 5.10 Å². The Morgan fingerprint density at radius 1 is 1.45 bits per heavy atom. The average molecular weight is 302 g/mol. The van der Waals surface area contributed by atoms with Crippen LogP contribution >= 0.6 is 0 Å². The molecule has 0 aliphatic carbocycles. The molecule has 1 amide bonds. The molecule has 10 heteroatoms. The van der Waals surface area contributed by atoms with Crippen LogP contribution < -0.4 is 0 Å². The molecule has 1 N–H and O–H groups in total. The van der Waals surface area contributed by atoms with E-state index >= 15 is 0 Å². The lowest BCUT2D eigenvalue weighted by Gasteiger charge is -2.39. The molecule has 1 aromatic heterocycles. The van der Waals surface area contributed by atoms with Gasteiger partial charge in [0.15, 0.2) is 15.5 Å². The van der Waals surface area contributed by atoms with Gasteiger partial charge in [0.05, 0.1) is 12.2 Å². The van der Waals surface area contributed by atoms with Gasteiger partial charge in [0, 0.05) is 19.3 Å². The number of carboxylic acids is 1. The molecule has 1 aromatic rings. The minimum Gasteiger partial charge on any atom is -0.476 e. The average Bonchev–Trinajstić information content (AvgIpc) is 2.73. The summed E-state index contributed by atoms with van der Waals surface area (Å²) < 4.78 is 24.0. The van der Waals surface area contributed by atoms with E-state index in [0.29, 0.717) is 13.1 Å². The highest BCUT2D eigenvalue weighted by molar-refractivity contribution is 7.92. The molecule has 20 heavy (non-hydrogen) atoms. The lowest BCUT2D eigenvalue weighted by atomic mass is 10.1. The minimum absolute atomic E-state index is 0.167. The van der Waals surface area contributed by atoms with Crippen LogP contribution in [0.4, 0.5) is 0 Å². The number of aromatic nitrogens is 3. The van der Waals surface area contributed by atoms with Gasteiger partial charge < -0.3 is 10.0 Å². The molecule has 0 bridgehead atoms. The first kappa shape index (κ1) is 14.4. The van der Waals surface area contributed by atoms with Gasteiger partial charge in [-0.2, -0.15) is 0 Å². The summed E-state index contributed by atoms with van der Waals surface area (Å²) in [6.45, 7) is 1.94. The van der Waals surface area contributed by atoms with Crippen molar-refractivity contribution >= 4 is 21.7 Å². The number of hydrogen-bond donors (Lipinski definition) is 1. The first-order valence-electron chi connectivity index (χ1n) is 5.83. The quantitative estimate of drug-likeness (QED) is 0.740. The van der Waals surface area contributed by atoms with Crippen molar-refractivity contribution in [2.24, 2.45) is 0 Å². The fourth-order valence-corrected chi connectivity index (χ4v) is 2.31. The van der Waals surface area contributed by atoms with Crippen molar-refractivity contribution in [1.82, 2.24) is 19.9 Å². The maximum absolute atomic E-state index is 11.9. The number of carbonyl (C=O) groups excluding carboxylic acids is 1. The maximum atomic E-state index is 11.9. The third-order valence-corrected chi connectivity index (χ3v) is 4.75. The standard InChI is InChI=1S/C10H14N4O5S/c1-6(20(2,18)19)9(15)13-3-7(4-13)14-5-8(10(16)17)11-12-14/h5-7H,3-4H2,1-2H3,(H,16,17). The van der Waals surface area contributed by atoms with E-state index in [9.17, 15) is 18.0 Å². The molecule has 0 spiro atoms. The van der Waals surface area contributed by atoms with E-state index in [4.69, 9.17) is 5.11 Å². The van der Waals surface area contributed by atoms with Crippen molar-refractivity contribution in [2.45, 2.75) is 18.2 Å². The van der Waals surface area contributed by atoms with Gasteiger partial charge >= 0.3 is 5.97 Å². The number of rotatable bonds is 4. The van der Waals surface area contributed by atoms with E-state index in [2.05, 4.69) is 10.3 Å². The molecule has 0 saturated carbocycles. The monoisotopic (exact) mass is 302 g/mol. The van der Waals surface area contributed by atoms with Crippen molar-refractivity contribution in [3.8, 4) is 0 Å². The molecule has 1 unspecified atom stereocenters. The zero-order valence-electron chi connectivity index (χ0n) is 10.9. The van der Waals surface area contributed by atoms with E-state index in [0.717, 1.165) is 6.26 Å². The summed E-state index contributed by atoms with van der Waals surface area (Å²) in [5.41, 5.74) is -0.167. The lowest BCUT2D eigenvalue weighted by Crippen LogP contribution is -2.54. The summed E-state index contributed by atoms with van der Waals surface area (Å²) in [5.74, 6) is -1.63. The van der Waals surface area contributed by atoms with Crippen LogP contribution in [0.5, 0.6) is 0 Å². The molecule has 1 fully saturated rings. The number of aromatic carboxylic acids is 1. The Morgan fingerprint density at radius 2 is 2.05 bits per heavy atom. The molecule has 9 nitrogen and oxygen atoms in total. The van der Waals surface area contributed by atoms with Gasteiger partial charge in [0.1, 0.15) is 5.25 Å². The van der Waals surface area contributed by atoms with E-state index in [1.807, 2.05) is 0 Å². The predicted molar refractivity (Wildman–Crippen MR) is 66.9 cm³/mol. The molecule has 0 radical (unpaired) electrons. The molecule has 2 rings (SSSR count). The number of amides is 1. The van der Waals surface area contributed by atoms with Gasteiger partial charge in [-0.25, -0.2) is 17.9 Å². The van der Waals surface area contributed by atoms with Gasteiger partial charge in [0.25, 0.3) is 0 Å². The van der Waals surface area contributed by atoms with Gasteiger partial charge in [0.2, 0.25) is 5.91 Å². The number of sulfone groups is 1. The Balaban J connectivity index is 1.97. The van der Waals surface area contributed by atoms with Gasteiger partial charge in [-0.05, 0) is 6.92 Å². The Morgan fingerprint density at radius 3 is 2.50 bits per heavy atom. The van der Waals surface area contributed by atoms with E-state index in [-0.39, 0.29) is 11.7 Å². The van der Waals surface area contributed by atoms with Crippen molar-refractivity contribution < 1.29 is 23.1 Å². The minimum atomic E-state index is -3.42. The summed E-state index contributed by atoms with van der Waals surface area (Å²) in [5, 5.41) is 14.8. The Kier molecular flexibility index (Phi) is 3.50. The van der Waals surface area contributed by atoms with Crippen LogP contribution in [0.15, 0.2) is 6.20 Å². The number of likely N-dealkylation sites (tertiary alicyclic amines) is 1. The molecular formula is C10H14N4O5S. The van der Waals surface area contributed by atoms with Crippen molar-refractivity contribution in [1.29, 1.82) is 0 Å². The van der Waals surface area contributed by atoms with Crippen LogP contribution in [0, 0.1) is 0 Å². The number of carbonyl (C=O) groups is 2.